The van der Waals surface area contributed by atoms with Crippen molar-refractivity contribution in [1.82, 2.24) is 0 Å². The minimum absolute atomic E-state index is 0.228. The minimum Gasteiger partial charge on any atom is -0.192 e. The summed E-state index contributed by atoms with van der Waals surface area (Å²) in [6.45, 7) is 2.18. The standard InChI is InChI=1S/C17H13NS/c1-17(13-7-3-2-4-8-13)11-14(12-18)19-16-10-6-5-9-15(16)17/h2-11H,1H3. The number of benzene rings is 2. The van der Waals surface area contributed by atoms with Gasteiger partial charge in [-0.1, -0.05) is 60.3 Å². The Morgan fingerprint density at radius 1 is 1.00 bits per heavy atom. The average Bonchev–Trinajstić information content (AvgIpc) is 2.48. The molecule has 2 aromatic rings. The van der Waals surface area contributed by atoms with Crippen molar-refractivity contribution in [1.29, 1.82) is 5.26 Å². The van der Waals surface area contributed by atoms with Crippen LogP contribution in [0.25, 0.3) is 0 Å². The lowest BCUT2D eigenvalue weighted by atomic mass is 9.75. The zero-order valence-corrected chi connectivity index (χ0v) is 11.4. The Balaban J connectivity index is 2.25. The van der Waals surface area contributed by atoms with Crippen LogP contribution in [0, 0.1) is 11.3 Å². The van der Waals surface area contributed by atoms with Crippen LogP contribution < -0.4 is 0 Å². The van der Waals surface area contributed by atoms with E-state index in [0.717, 1.165) is 4.91 Å². The summed E-state index contributed by atoms with van der Waals surface area (Å²) >= 11 is 1.55. The van der Waals surface area contributed by atoms with E-state index in [1.54, 1.807) is 11.8 Å². The summed E-state index contributed by atoms with van der Waals surface area (Å²) in [5.41, 5.74) is 2.26. The number of allylic oxidation sites excluding steroid dienone is 2. The highest BCUT2D eigenvalue weighted by Gasteiger charge is 2.33. The molecule has 3 rings (SSSR count). The lowest BCUT2D eigenvalue weighted by molar-refractivity contribution is 0.702. The fourth-order valence-corrected chi connectivity index (χ4v) is 3.66. The lowest BCUT2D eigenvalue weighted by Crippen LogP contribution is -2.24. The zero-order chi connectivity index (χ0) is 13.3. The quantitative estimate of drug-likeness (QED) is 0.756. The first-order valence-electron chi connectivity index (χ1n) is 6.20. The van der Waals surface area contributed by atoms with Crippen LogP contribution >= 0.6 is 11.8 Å². The summed E-state index contributed by atoms with van der Waals surface area (Å²) in [4.78, 5) is 1.94. The molecule has 1 heterocycles. The molecule has 0 aromatic heterocycles. The predicted octanol–water partition coefficient (Wildman–Crippen LogP) is 4.51. The van der Waals surface area contributed by atoms with Crippen molar-refractivity contribution < 1.29 is 0 Å². The molecule has 1 unspecified atom stereocenters. The van der Waals surface area contributed by atoms with Gasteiger partial charge in [-0.3, -0.25) is 0 Å². The number of nitriles is 1. The minimum atomic E-state index is -0.228. The number of hydrogen-bond donors (Lipinski definition) is 0. The Kier molecular flexibility index (Phi) is 2.93. The van der Waals surface area contributed by atoms with Crippen LogP contribution in [0.5, 0.6) is 0 Å². The monoisotopic (exact) mass is 263 g/mol. The molecule has 0 amide bonds. The number of rotatable bonds is 1. The van der Waals surface area contributed by atoms with Gasteiger partial charge in [-0.25, -0.2) is 0 Å². The van der Waals surface area contributed by atoms with Crippen molar-refractivity contribution in [2.45, 2.75) is 17.2 Å². The first-order valence-corrected chi connectivity index (χ1v) is 7.01. The molecule has 19 heavy (non-hydrogen) atoms. The van der Waals surface area contributed by atoms with E-state index in [-0.39, 0.29) is 5.41 Å². The number of fused-ring (bicyclic) bond motifs is 1. The Hall–Kier alpha value is -1.98. The fraction of sp³-hybridized carbons (Fsp3) is 0.118. The maximum Gasteiger partial charge on any atom is 0.106 e. The number of nitrogens with zero attached hydrogens (tertiary/aromatic N) is 1. The van der Waals surface area contributed by atoms with Gasteiger partial charge >= 0.3 is 0 Å². The highest BCUT2D eigenvalue weighted by molar-refractivity contribution is 8.03. The molecule has 1 nitrogen and oxygen atoms in total. The van der Waals surface area contributed by atoms with Crippen molar-refractivity contribution in [2.75, 3.05) is 0 Å². The van der Waals surface area contributed by atoms with Gasteiger partial charge in [0.25, 0.3) is 0 Å². The molecular formula is C17H13NS. The smallest absolute Gasteiger partial charge is 0.106 e. The predicted molar refractivity (Wildman–Crippen MR) is 78.9 cm³/mol. The molecule has 0 spiro atoms. The highest BCUT2D eigenvalue weighted by Crippen LogP contribution is 2.46. The largest absolute Gasteiger partial charge is 0.192 e. The highest BCUT2D eigenvalue weighted by atomic mass is 32.2. The van der Waals surface area contributed by atoms with E-state index < -0.39 is 0 Å². The van der Waals surface area contributed by atoms with Crippen LogP contribution in [-0.4, -0.2) is 0 Å². The van der Waals surface area contributed by atoms with Gasteiger partial charge in [0, 0.05) is 10.3 Å². The first-order chi connectivity index (χ1) is 9.24. The van der Waals surface area contributed by atoms with Gasteiger partial charge in [-0.05, 0) is 30.2 Å². The van der Waals surface area contributed by atoms with Gasteiger partial charge in [0.1, 0.15) is 6.07 Å². The molecule has 0 saturated heterocycles. The van der Waals surface area contributed by atoms with E-state index in [1.807, 2.05) is 24.3 Å². The van der Waals surface area contributed by atoms with Crippen LogP contribution in [0.1, 0.15) is 18.1 Å². The summed E-state index contributed by atoms with van der Waals surface area (Å²) in [5, 5.41) is 9.26. The normalized spacial score (nSPS) is 21.2. The third-order valence-electron chi connectivity index (χ3n) is 3.57. The first kappa shape index (κ1) is 12.1. The summed E-state index contributed by atoms with van der Waals surface area (Å²) in [6, 6.07) is 21.0. The van der Waals surface area contributed by atoms with Crippen LogP contribution in [-0.2, 0) is 5.41 Å². The molecule has 2 heteroatoms. The summed E-state index contributed by atoms with van der Waals surface area (Å²) in [5.74, 6) is 0. The topological polar surface area (TPSA) is 23.8 Å². The third-order valence-corrected chi connectivity index (χ3v) is 4.57. The molecule has 0 fully saturated rings. The molecule has 0 bridgehead atoms. The molecular weight excluding hydrogens is 250 g/mol. The molecule has 2 aromatic carbocycles. The molecule has 0 saturated carbocycles. The van der Waals surface area contributed by atoms with E-state index >= 15 is 0 Å². The van der Waals surface area contributed by atoms with Crippen LogP contribution in [0.4, 0.5) is 0 Å². The Labute approximate surface area is 117 Å². The van der Waals surface area contributed by atoms with Crippen LogP contribution in [0.2, 0.25) is 0 Å². The van der Waals surface area contributed by atoms with Crippen molar-refractivity contribution in [3.05, 3.63) is 76.7 Å². The molecule has 1 aliphatic heterocycles. The van der Waals surface area contributed by atoms with Gasteiger partial charge in [-0.2, -0.15) is 5.26 Å². The van der Waals surface area contributed by atoms with Crippen molar-refractivity contribution in [3.8, 4) is 6.07 Å². The van der Waals surface area contributed by atoms with Crippen LogP contribution in [0.15, 0.2) is 70.5 Å². The SMILES string of the molecule is CC1(c2ccccc2)C=C(C#N)Sc2ccccc21. The van der Waals surface area contributed by atoms with E-state index in [0.29, 0.717) is 0 Å². The molecule has 0 radical (unpaired) electrons. The van der Waals surface area contributed by atoms with Gasteiger partial charge in [-0.15, -0.1) is 0 Å². The van der Waals surface area contributed by atoms with Gasteiger partial charge in [0.15, 0.2) is 0 Å². The van der Waals surface area contributed by atoms with Gasteiger partial charge in [0.2, 0.25) is 0 Å². The number of hydrogen-bond acceptors (Lipinski definition) is 2. The lowest BCUT2D eigenvalue weighted by Gasteiger charge is -2.33. The maximum atomic E-state index is 9.26. The Bertz CT molecular complexity index is 682. The fourth-order valence-electron chi connectivity index (χ4n) is 2.55. The van der Waals surface area contributed by atoms with E-state index in [2.05, 4.69) is 49.4 Å². The van der Waals surface area contributed by atoms with E-state index in [1.165, 1.54) is 16.0 Å². The second-order valence-electron chi connectivity index (χ2n) is 4.79. The van der Waals surface area contributed by atoms with Crippen molar-refractivity contribution in [3.63, 3.8) is 0 Å². The molecule has 92 valence electrons. The average molecular weight is 263 g/mol. The summed E-state index contributed by atoms with van der Waals surface area (Å²) < 4.78 is 0. The molecule has 0 N–H and O–H groups in total. The molecule has 1 aliphatic rings. The Morgan fingerprint density at radius 2 is 1.68 bits per heavy atom. The Morgan fingerprint density at radius 3 is 2.42 bits per heavy atom. The van der Waals surface area contributed by atoms with E-state index in [4.69, 9.17) is 0 Å². The van der Waals surface area contributed by atoms with Gasteiger partial charge < -0.3 is 0 Å². The number of thioether (sulfide) groups is 1. The zero-order valence-electron chi connectivity index (χ0n) is 10.6. The van der Waals surface area contributed by atoms with E-state index in [9.17, 15) is 5.26 Å². The summed E-state index contributed by atoms with van der Waals surface area (Å²) in [7, 11) is 0. The van der Waals surface area contributed by atoms with Crippen molar-refractivity contribution in [2.24, 2.45) is 0 Å². The summed E-state index contributed by atoms with van der Waals surface area (Å²) in [6.07, 6.45) is 2.08. The van der Waals surface area contributed by atoms with Crippen molar-refractivity contribution >= 4 is 11.8 Å². The molecule has 1 atom stereocenters. The maximum absolute atomic E-state index is 9.26. The van der Waals surface area contributed by atoms with Gasteiger partial charge in [0.05, 0.1) is 4.91 Å². The third kappa shape index (κ3) is 1.97. The second-order valence-corrected chi connectivity index (χ2v) is 5.87. The molecule has 0 aliphatic carbocycles. The second kappa shape index (κ2) is 4.60. The van der Waals surface area contributed by atoms with Crippen LogP contribution in [0.3, 0.4) is 0 Å².